The van der Waals surface area contributed by atoms with Crippen molar-refractivity contribution in [2.75, 3.05) is 0 Å². The summed E-state index contributed by atoms with van der Waals surface area (Å²) in [6.45, 7) is 0. The molecule has 0 aliphatic heterocycles. The highest BCUT2D eigenvalue weighted by atomic mass is 32.1. The Balaban J connectivity index is 1.11. The van der Waals surface area contributed by atoms with Crippen molar-refractivity contribution in [2.24, 2.45) is 0 Å². The number of para-hydroxylation sites is 2. The Kier molecular flexibility index (Phi) is 7.03. The molecule has 12 rings (SSSR count). The zero-order chi connectivity index (χ0) is 37.5. The van der Waals surface area contributed by atoms with Gasteiger partial charge < -0.3 is 8.83 Å². The lowest BCUT2D eigenvalue weighted by Gasteiger charge is -2.12. The van der Waals surface area contributed by atoms with Crippen molar-refractivity contribution >= 4 is 75.4 Å². The van der Waals surface area contributed by atoms with Crippen molar-refractivity contribution in [3.63, 3.8) is 0 Å². The van der Waals surface area contributed by atoms with Gasteiger partial charge in [-0.15, -0.1) is 11.3 Å². The number of aromatic nitrogens is 3. The molecule has 0 amide bonds. The van der Waals surface area contributed by atoms with E-state index in [4.69, 9.17) is 23.8 Å². The monoisotopic (exact) mass is 747 g/mol. The van der Waals surface area contributed by atoms with Crippen LogP contribution in [0.2, 0.25) is 0 Å². The highest BCUT2D eigenvalue weighted by Crippen LogP contribution is 2.46. The van der Waals surface area contributed by atoms with E-state index in [-0.39, 0.29) is 0 Å². The van der Waals surface area contributed by atoms with Crippen LogP contribution in [0.1, 0.15) is 0 Å². The van der Waals surface area contributed by atoms with E-state index in [9.17, 15) is 0 Å². The van der Waals surface area contributed by atoms with E-state index in [0.717, 1.165) is 82.8 Å². The fourth-order valence-corrected chi connectivity index (χ4v) is 9.50. The number of fused-ring (bicyclic) bond motifs is 9. The summed E-state index contributed by atoms with van der Waals surface area (Å²) in [7, 11) is 0. The van der Waals surface area contributed by atoms with Crippen LogP contribution in [0.3, 0.4) is 0 Å². The van der Waals surface area contributed by atoms with Crippen molar-refractivity contribution in [1.82, 2.24) is 15.0 Å². The van der Waals surface area contributed by atoms with Gasteiger partial charge in [0.05, 0.1) is 0 Å². The van der Waals surface area contributed by atoms with E-state index < -0.39 is 0 Å². The number of thiophene rings is 1. The Morgan fingerprint density at radius 3 is 1.82 bits per heavy atom. The standard InChI is InChI=1S/C51H29N3O2S/c1-2-12-30(13-3-1)31-14-10-15-32(28-31)49-52-50(33-24-25-35-34-16-4-7-21-42(34)55-44(35)29-33)54-51(53-49)41-27-26-37(47-46(41)40-18-5-8-22-43(40)56-47)39-20-11-19-38-36-17-6-9-23-45(36)57-48(38)39/h1-29H. The van der Waals surface area contributed by atoms with Crippen LogP contribution in [-0.2, 0) is 0 Å². The van der Waals surface area contributed by atoms with E-state index in [1.165, 1.54) is 20.2 Å². The summed E-state index contributed by atoms with van der Waals surface area (Å²) in [6, 6.07) is 60.8. The second-order valence-corrected chi connectivity index (χ2v) is 15.4. The van der Waals surface area contributed by atoms with Crippen LogP contribution in [0.15, 0.2) is 185 Å². The molecule has 0 unspecified atom stereocenters. The molecule has 0 aliphatic carbocycles. The van der Waals surface area contributed by atoms with Crippen molar-refractivity contribution in [2.45, 2.75) is 0 Å². The van der Waals surface area contributed by atoms with Gasteiger partial charge in [0.25, 0.3) is 0 Å². The molecule has 0 aliphatic rings. The lowest BCUT2D eigenvalue weighted by molar-refractivity contribution is 0.669. The number of furan rings is 2. The van der Waals surface area contributed by atoms with Crippen molar-refractivity contribution < 1.29 is 8.83 Å². The molecule has 0 saturated carbocycles. The number of rotatable bonds is 5. The van der Waals surface area contributed by atoms with Gasteiger partial charge in [-0.25, -0.2) is 15.0 Å². The average molecular weight is 748 g/mol. The third-order valence-corrected chi connectivity index (χ3v) is 12.2. The molecule has 0 N–H and O–H groups in total. The van der Waals surface area contributed by atoms with E-state index in [0.29, 0.717) is 17.5 Å². The zero-order valence-electron chi connectivity index (χ0n) is 30.3. The van der Waals surface area contributed by atoms with Crippen LogP contribution in [0.5, 0.6) is 0 Å². The summed E-state index contributed by atoms with van der Waals surface area (Å²) in [5.41, 5.74) is 10.2. The van der Waals surface area contributed by atoms with E-state index >= 15 is 0 Å². The molecule has 266 valence electrons. The Morgan fingerprint density at radius 1 is 0.351 bits per heavy atom. The van der Waals surface area contributed by atoms with E-state index in [2.05, 4.69) is 133 Å². The van der Waals surface area contributed by atoms with Gasteiger partial charge in [-0.2, -0.15) is 0 Å². The van der Waals surface area contributed by atoms with Gasteiger partial charge >= 0.3 is 0 Å². The number of hydrogen-bond donors (Lipinski definition) is 0. The van der Waals surface area contributed by atoms with Gasteiger partial charge in [0.15, 0.2) is 17.5 Å². The van der Waals surface area contributed by atoms with Crippen LogP contribution < -0.4 is 0 Å². The maximum Gasteiger partial charge on any atom is 0.164 e. The SMILES string of the molecule is c1ccc(-c2cccc(-c3nc(-c4ccc5c(c4)oc4ccccc45)nc(-c4ccc(-c5cccc6c5sc5ccccc56)c5oc6ccccc6c45)n3)c2)cc1. The first kappa shape index (κ1) is 31.9. The number of benzene rings is 8. The fourth-order valence-electron chi connectivity index (χ4n) is 8.27. The molecule has 5 nitrogen and oxygen atoms in total. The molecule has 0 fully saturated rings. The summed E-state index contributed by atoms with van der Waals surface area (Å²) >= 11 is 1.82. The van der Waals surface area contributed by atoms with Gasteiger partial charge in [-0.1, -0.05) is 127 Å². The van der Waals surface area contributed by atoms with Gasteiger partial charge in [0.1, 0.15) is 22.3 Å². The normalized spacial score (nSPS) is 11.9. The first-order valence-corrected chi connectivity index (χ1v) is 19.7. The summed E-state index contributed by atoms with van der Waals surface area (Å²) in [6.07, 6.45) is 0. The van der Waals surface area contributed by atoms with Gasteiger partial charge in [0.2, 0.25) is 0 Å². The lowest BCUT2D eigenvalue weighted by Crippen LogP contribution is -2.01. The number of hydrogen-bond acceptors (Lipinski definition) is 6. The molecule has 0 saturated heterocycles. The predicted molar refractivity (Wildman–Crippen MR) is 234 cm³/mol. The first-order valence-electron chi connectivity index (χ1n) is 18.9. The maximum absolute atomic E-state index is 6.82. The van der Waals surface area contributed by atoms with Crippen LogP contribution in [-0.4, -0.2) is 15.0 Å². The largest absolute Gasteiger partial charge is 0.456 e. The third-order valence-electron chi connectivity index (χ3n) is 11.0. The minimum Gasteiger partial charge on any atom is -0.456 e. The maximum atomic E-state index is 6.82. The molecule has 0 bridgehead atoms. The van der Waals surface area contributed by atoms with Crippen molar-refractivity contribution in [1.29, 1.82) is 0 Å². The first-order chi connectivity index (χ1) is 28.2. The highest BCUT2D eigenvalue weighted by Gasteiger charge is 2.22. The van der Waals surface area contributed by atoms with Gasteiger partial charge in [-0.3, -0.25) is 0 Å². The molecule has 4 aromatic heterocycles. The summed E-state index contributed by atoms with van der Waals surface area (Å²) < 4.78 is 15.6. The second kappa shape index (κ2) is 12.6. The third kappa shape index (κ3) is 5.12. The summed E-state index contributed by atoms with van der Waals surface area (Å²) in [5, 5.41) is 6.61. The van der Waals surface area contributed by atoms with Crippen LogP contribution in [0, 0.1) is 0 Å². The Labute approximate surface area is 330 Å². The molecule has 0 radical (unpaired) electrons. The molecular formula is C51H29N3O2S. The summed E-state index contributed by atoms with van der Waals surface area (Å²) in [4.78, 5) is 15.7. The van der Waals surface area contributed by atoms with Crippen molar-refractivity contribution in [3.8, 4) is 56.4 Å². The Bertz CT molecular complexity index is 3540. The van der Waals surface area contributed by atoms with Crippen LogP contribution >= 0.6 is 11.3 Å². The smallest absolute Gasteiger partial charge is 0.164 e. The zero-order valence-corrected chi connectivity index (χ0v) is 31.1. The second-order valence-electron chi connectivity index (χ2n) is 14.3. The molecule has 8 aromatic carbocycles. The van der Waals surface area contributed by atoms with Crippen molar-refractivity contribution in [3.05, 3.63) is 176 Å². The van der Waals surface area contributed by atoms with E-state index in [1.54, 1.807) is 0 Å². The number of nitrogens with zero attached hydrogens (tertiary/aromatic N) is 3. The highest BCUT2D eigenvalue weighted by molar-refractivity contribution is 7.26. The average Bonchev–Trinajstić information content (AvgIpc) is 3.98. The Morgan fingerprint density at radius 2 is 0.965 bits per heavy atom. The quantitative estimate of drug-likeness (QED) is 0.175. The van der Waals surface area contributed by atoms with Crippen LogP contribution in [0.25, 0.3) is 120 Å². The van der Waals surface area contributed by atoms with E-state index in [1.807, 2.05) is 53.8 Å². The minimum absolute atomic E-state index is 0.558. The predicted octanol–water partition coefficient (Wildman–Crippen LogP) is 14.4. The molecular weight excluding hydrogens is 719 g/mol. The van der Waals surface area contributed by atoms with Gasteiger partial charge in [0, 0.05) is 69.5 Å². The Hall–Kier alpha value is -7.41. The molecule has 0 atom stereocenters. The lowest BCUT2D eigenvalue weighted by atomic mass is 9.97. The topological polar surface area (TPSA) is 65.0 Å². The molecule has 0 spiro atoms. The minimum atomic E-state index is 0.558. The fraction of sp³-hybridized carbons (Fsp3) is 0. The molecule has 6 heteroatoms. The van der Waals surface area contributed by atoms with Gasteiger partial charge in [-0.05, 0) is 59.7 Å². The molecule has 57 heavy (non-hydrogen) atoms. The molecule has 12 aromatic rings. The summed E-state index contributed by atoms with van der Waals surface area (Å²) in [5.74, 6) is 1.70. The van der Waals surface area contributed by atoms with Crippen LogP contribution in [0.4, 0.5) is 0 Å². The molecule has 4 heterocycles.